The number of nitrogens with one attached hydrogen (secondary N) is 1. The second-order valence-electron chi connectivity index (χ2n) is 11.5. The molecule has 2 amide bonds. The summed E-state index contributed by atoms with van der Waals surface area (Å²) in [5.74, 6) is 0.557. The van der Waals surface area contributed by atoms with E-state index in [1.165, 1.54) is 17.0 Å². The minimum atomic E-state index is -4.25. The van der Waals surface area contributed by atoms with Crippen LogP contribution in [0.4, 0.5) is 5.69 Å². The minimum absolute atomic E-state index is 0.0161. The molecule has 0 aliphatic carbocycles. The summed E-state index contributed by atoms with van der Waals surface area (Å²) in [7, 11) is -2.70. The molecule has 0 bridgehead atoms. The molecule has 4 aromatic carbocycles. The molecule has 4 aromatic rings. The van der Waals surface area contributed by atoms with Crippen molar-refractivity contribution in [1.82, 2.24) is 10.2 Å². The van der Waals surface area contributed by atoms with E-state index >= 15 is 0 Å². The first kappa shape index (κ1) is 34.3. The fraction of sp³-hybridized carbons (Fsp3) is 0.297. The zero-order valence-electron chi connectivity index (χ0n) is 27.4. The highest BCUT2D eigenvalue weighted by Gasteiger charge is 2.35. The monoisotopic (exact) mass is 671 g/mol. The molecule has 5 rings (SSSR count). The number of ether oxygens (including phenoxy) is 3. The predicted molar refractivity (Wildman–Crippen MR) is 184 cm³/mol. The Morgan fingerprint density at radius 3 is 2.21 bits per heavy atom. The number of hydrogen-bond acceptors (Lipinski definition) is 7. The molecule has 1 N–H and O–H groups in total. The van der Waals surface area contributed by atoms with Gasteiger partial charge in [0.15, 0.2) is 11.5 Å². The maximum absolute atomic E-state index is 14.7. The first-order chi connectivity index (χ1) is 23.2. The van der Waals surface area contributed by atoms with Crippen LogP contribution in [-0.4, -0.2) is 64.1 Å². The average molecular weight is 672 g/mol. The molecule has 0 radical (unpaired) electrons. The Kier molecular flexibility index (Phi) is 11.2. The highest BCUT2D eigenvalue weighted by molar-refractivity contribution is 7.92. The van der Waals surface area contributed by atoms with Crippen LogP contribution in [0.1, 0.15) is 31.4 Å². The van der Waals surface area contributed by atoms with E-state index in [9.17, 15) is 18.0 Å². The van der Waals surface area contributed by atoms with Gasteiger partial charge in [-0.05, 0) is 60.9 Å². The summed E-state index contributed by atoms with van der Waals surface area (Å²) in [6, 6.07) is 28.3. The molecule has 0 saturated heterocycles. The third-order valence-corrected chi connectivity index (χ3v) is 9.97. The molecule has 252 valence electrons. The molecule has 1 heterocycles. The molecule has 0 unspecified atom stereocenters. The van der Waals surface area contributed by atoms with E-state index in [1.807, 2.05) is 56.3 Å². The molecule has 0 saturated carbocycles. The van der Waals surface area contributed by atoms with E-state index in [1.54, 1.807) is 55.6 Å². The predicted octanol–water partition coefficient (Wildman–Crippen LogP) is 5.22. The lowest BCUT2D eigenvalue weighted by Crippen LogP contribution is -2.54. The Morgan fingerprint density at radius 2 is 1.52 bits per heavy atom. The van der Waals surface area contributed by atoms with Gasteiger partial charge in [-0.15, -0.1) is 0 Å². The topological polar surface area (TPSA) is 114 Å². The number of methoxy groups -OCH3 is 1. The summed E-state index contributed by atoms with van der Waals surface area (Å²) in [5, 5.41) is 3.05. The van der Waals surface area contributed by atoms with Gasteiger partial charge in [0, 0.05) is 25.1 Å². The lowest BCUT2D eigenvalue weighted by atomic mass is 10.0. The standard InChI is InChI=1S/C37H41N3O7S/c1-4-27(2)38-37(42)33(23-28-12-7-5-8-13-28)39(25-29-14-11-15-31(22-29)45-3)36(41)26-40(48(43,44)32-16-9-6-10-17-32)30-18-19-34-35(24-30)47-21-20-46-34/h5-19,22,24,27,33H,4,20-21,23,25-26H2,1-3H3,(H,38,42)/t27-,33+/m0/s1. The average Bonchev–Trinajstić information content (AvgIpc) is 3.12. The van der Waals surface area contributed by atoms with Crippen LogP contribution in [-0.2, 0) is 32.6 Å². The van der Waals surface area contributed by atoms with Crippen LogP contribution in [0, 0.1) is 0 Å². The summed E-state index contributed by atoms with van der Waals surface area (Å²) in [6.07, 6.45) is 0.912. The number of carbonyl (C=O) groups is 2. The van der Waals surface area contributed by atoms with Crippen LogP contribution in [0.2, 0.25) is 0 Å². The Bertz CT molecular complexity index is 1800. The van der Waals surface area contributed by atoms with Crippen LogP contribution in [0.15, 0.2) is 108 Å². The summed E-state index contributed by atoms with van der Waals surface area (Å²) in [5.41, 5.74) is 1.79. The number of carbonyl (C=O) groups excluding carboxylic acids is 2. The largest absolute Gasteiger partial charge is 0.497 e. The van der Waals surface area contributed by atoms with E-state index < -0.39 is 28.5 Å². The molecule has 0 aromatic heterocycles. The molecule has 11 heteroatoms. The van der Waals surface area contributed by atoms with Gasteiger partial charge in [0.2, 0.25) is 11.8 Å². The van der Waals surface area contributed by atoms with Gasteiger partial charge in [-0.25, -0.2) is 8.42 Å². The van der Waals surface area contributed by atoms with Crippen molar-refractivity contribution in [2.75, 3.05) is 31.2 Å². The summed E-state index contributed by atoms with van der Waals surface area (Å²) in [4.78, 5) is 30.2. The van der Waals surface area contributed by atoms with Gasteiger partial charge in [0.25, 0.3) is 10.0 Å². The van der Waals surface area contributed by atoms with Gasteiger partial charge >= 0.3 is 0 Å². The zero-order valence-corrected chi connectivity index (χ0v) is 28.2. The number of hydrogen-bond donors (Lipinski definition) is 1. The Hall–Kier alpha value is -5.03. The Labute approximate surface area is 282 Å². The number of benzene rings is 4. The van der Waals surface area contributed by atoms with Gasteiger partial charge in [-0.2, -0.15) is 0 Å². The zero-order chi connectivity index (χ0) is 34.1. The van der Waals surface area contributed by atoms with Crippen LogP contribution >= 0.6 is 0 Å². The molecule has 1 aliphatic rings. The number of fused-ring (bicyclic) bond motifs is 1. The van der Waals surface area contributed by atoms with Gasteiger partial charge in [0.1, 0.15) is 31.5 Å². The van der Waals surface area contributed by atoms with E-state index in [2.05, 4.69) is 5.32 Å². The number of anilines is 1. The first-order valence-electron chi connectivity index (χ1n) is 15.9. The molecule has 10 nitrogen and oxygen atoms in total. The summed E-state index contributed by atoms with van der Waals surface area (Å²) < 4.78 is 46.5. The molecule has 0 fully saturated rings. The fourth-order valence-corrected chi connectivity index (χ4v) is 6.83. The maximum atomic E-state index is 14.7. The summed E-state index contributed by atoms with van der Waals surface area (Å²) in [6.45, 7) is 4.00. The second-order valence-corrected chi connectivity index (χ2v) is 13.4. The number of nitrogens with zero attached hydrogens (tertiary/aromatic N) is 2. The third kappa shape index (κ3) is 8.27. The van der Waals surface area contributed by atoms with Gasteiger partial charge in [-0.1, -0.05) is 67.6 Å². The van der Waals surface area contributed by atoms with E-state index in [0.717, 1.165) is 9.87 Å². The lowest BCUT2D eigenvalue weighted by Gasteiger charge is -2.34. The second kappa shape index (κ2) is 15.7. The molecule has 1 aliphatic heterocycles. The van der Waals surface area contributed by atoms with Crippen LogP contribution in [0.5, 0.6) is 17.2 Å². The van der Waals surface area contributed by atoms with Crippen LogP contribution < -0.4 is 23.8 Å². The van der Waals surface area contributed by atoms with Crippen LogP contribution in [0.25, 0.3) is 0 Å². The fourth-order valence-electron chi connectivity index (χ4n) is 5.40. The highest BCUT2D eigenvalue weighted by atomic mass is 32.2. The van der Waals surface area contributed by atoms with Gasteiger partial charge < -0.3 is 24.4 Å². The Balaban J connectivity index is 1.59. The molecule has 2 atom stereocenters. The molecule has 0 spiro atoms. The van der Waals surface area contributed by atoms with Crippen molar-refractivity contribution in [3.63, 3.8) is 0 Å². The van der Waals surface area contributed by atoms with Gasteiger partial charge in [-0.3, -0.25) is 13.9 Å². The van der Waals surface area contributed by atoms with Crippen LogP contribution in [0.3, 0.4) is 0 Å². The van der Waals surface area contributed by atoms with Crippen molar-refractivity contribution in [2.24, 2.45) is 0 Å². The van der Waals surface area contributed by atoms with Crippen molar-refractivity contribution in [3.05, 3.63) is 114 Å². The van der Waals surface area contributed by atoms with E-state index in [0.29, 0.717) is 42.4 Å². The maximum Gasteiger partial charge on any atom is 0.264 e. The number of sulfonamides is 1. The Morgan fingerprint density at radius 1 is 0.854 bits per heavy atom. The molecular formula is C37H41N3O7S. The van der Waals surface area contributed by atoms with E-state index in [-0.39, 0.29) is 35.5 Å². The molecular weight excluding hydrogens is 630 g/mol. The van der Waals surface area contributed by atoms with E-state index in [4.69, 9.17) is 14.2 Å². The molecule has 48 heavy (non-hydrogen) atoms. The van der Waals surface area contributed by atoms with Gasteiger partial charge in [0.05, 0.1) is 17.7 Å². The quantitative estimate of drug-likeness (QED) is 0.196. The van der Waals surface area contributed by atoms with Crippen molar-refractivity contribution in [3.8, 4) is 17.2 Å². The number of amides is 2. The summed E-state index contributed by atoms with van der Waals surface area (Å²) >= 11 is 0. The van der Waals surface area contributed by atoms with Crippen molar-refractivity contribution < 1.29 is 32.2 Å². The lowest BCUT2D eigenvalue weighted by molar-refractivity contribution is -0.140. The minimum Gasteiger partial charge on any atom is -0.497 e. The highest BCUT2D eigenvalue weighted by Crippen LogP contribution is 2.36. The SMILES string of the molecule is CC[C@H](C)NC(=O)[C@@H](Cc1ccccc1)N(Cc1cccc(OC)c1)C(=O)CN(c1ccc2c(c1)OCCO2)S(=O)(=O)c1ccccc1. The first-order valence-corrected chi connectivity index (χ1v) is 17.4. The third-order valence-electron chi connectivity index (χ3n) is 8.18. The number of rotatable bonds is 14. The van der Waals surface area contributed by atoms with Crippen molar-refractivity contribution >= 4 is 27.5 Å². The van der Waals surface area contributed by atoms with Crippen molar-refractivity contribution in [1.29, 1.82) is 0 Å². The normalized spacial score (nSPS) is 13.6. The smallest absolute Gasteiger partial charge is 0.264 e. The van der Waals surface area contributed by atoms with Crippen molar-refractivity contribution in [2.45, 2.75) is 50.2 Å².